The highest BCUT2D eigenvalue weighted by Gasteiger charge is 2.32. The Morgan fingerprint density at radius 3 is 2.27 bits per heavy atom. The Hall–Kier alpha value is -1.01. The Kier molecular flexibility index (Phi) is 3.41. The normalized spacial score (nSPS) is 11.6. The molecule has 0 spiro atoms. The minimum atomic E-state index is -4.46. The van der Waals surface area contributed by atoms with Crippen molar-refractivity contribution in [3.63, 3.8) is 0 Å². The van der Waals surface area contributed by atoms with Crippen LogP contribution in [0.15, 0.2) is 18.2 Å². The van der Waals surface area contributed by atoms with Crippen LogP contribution in [0.25, 0.3) is 0 Å². The molecule has 1 aromatic rings. The molecule has 0 aliphatic heterocycles. The van der Waals surface area contributed by atoms with Gasteiger partial charge in [-0.15, -0.1) is 0 Å². The smallest absolute Gasteiger partial charge is 0.423 e. The molecule has 0 radical (unpaired) electrons. The van der Waals surface area contributed by atoms with Crippen molar-refractivity contribution in [2.45, 2.75) is 19.5 Å². The maximum absolute atomic E-state index is 12.3. The third-order valence-electron chi connectivity index (χ3n) is 2.13. The molecule has 0 bridgehead atoms. The predicted octanol–water partition coefficient (Wildman–Crippen LogP) is 0.948. The van der Waals surface area contributed by atoms with Gasteiger partial charge in [-0.2, -0.15) is 13.2 Å². The molecule has 6 heteroatoms. The third-order valence-corrected chi connectivity index (χ3v) is 2.13. The lowest BCUT2D eigenvalue weighted by Crippen LogP contribution is -2.34. The number of aryl methyl sites for hydroxylation is 1. The number of alkyl halides is 3. The summed E-state index contributed by atoms with van der Waals surface area (Å²) in [5.41, 5.74) is -0.465. The lowest BCUT2D eigenvalue weighted by Gasteiger charge is -2.11. The number of hydrogen-bond acceptors (Lipinski definition) is 2. The Balaban J connectivity index is 3.22. The van der Waals surface area contributed by atoms with Gasteiger partial charge in [-0.05, 0) is 29.6 Å². The van der Waals surface area contributed by atoms with Gasteiger partial charge in [-0.1, -0.05) is 13.0 Å². The van der Waals surface area contributed by atoms with Crippen LogP contribution in [0.4, 0.5) is 13.2 Å². The molecule has 0 unspecified atom stereocenters. The Bertz CT molecular complexity index is 350. The van der Waals surface area contributed by atoms with Crippen LogP contribution in [0.1, 0.15) is 18.1 Å². The lowest BCUT2D eigenvalue weighted by molar-refractivity contribution is -0.137. The number of hydrogen-bond donors (Lipinski definition) is 2. The first-order chi connectivity index (χ1) is 6.86. The lowest BCUT2D eigenvalue weighted by atomic mass is 9.75. The van der Waals surface area contributed by atoms with Crippen LogP contribution in [0.2, 0.25) is 0 Å². The van der Waals surface area contributed by atoms with Crippen LogP contribution >= 0.6 is 0 Å². The SMILES string of the molecule is CCc1ccc(C(F)(F)F)cc1B(O)O. The predicted molar refractivity (Wildman–Crippen MR) is 50.6 cm³/mol. The number of benzene rings is 1. The van der Waals surface area contributed by atoms with Crippen molar-refractivity contribution in [3.05, 3.63) is 29.3 Å². The second kappa shape index (κ2) is 4.24. The van der Waals surface area contributed by atoms with Gasteiger partial charge in [-0.3, -0.25) is 0 Å². The molecule has 0 atom stereocenters. The monoisotopic (exact) mass is 218 g/mol. The summed E-state index contributed by atoms with van der Waals surface area (Å²) in [4.78, 5) is 0. The van der Waals surface area contributed by atoms with E-state index in [9.17, 15) is 13.2 Å². The van der Waals surface area contributed by atoms with E-state index >= 15 is 0 Å². The summed E-state index contributed by atoms with van der Waals surface area (Å²) in [6, 6.07) is 2.96. The van der Waals surface area contributed by atoms with E-state index in [1.54, 1.807) is 6.92 Å². The minimum Gasteiger partial charge on any atom is -0.423 e. The molecule has 0 amide bonds. The number of halogens is 3. The highest BCUT2D eigenvalue weighted by atomic mass is 19.4. The first-order valence-corrected chi connectivity index (χ1v) is 4.42. The quantitative estimate of drug-likeness (QED) is 0.725. The fourth-order valence-corrected chi connectivity index (χ4v) is 1.33. The zero-order chi connectivity index (χ0) is 11.6. The minimum absolute atomic E-state index is 0.0904. The van der Waals surface area contributed by atoms with Gasteiger partial charge in [0.2, 0.25) is 0 Å². The zero-order valence-electron chi connectivity index (χ0n) is 8.04. The summed E-state index contributed by atoms with van der Waals surface area (Å²) in [6.45, 7) is 1.73. The first kappa shape index (κ1) is 12.1. The third kappa shape index (κ3) is 2.73. The molecule has 2 nitrogen and oxygen atoms in total. The number of rotatable bonds is 2. The molecule has 0 heterocycles. The average molecular weight is 218 g/mol. The first-order valence-electron chi connectivity index (χ1n) is 4.42. The zero-order valence-corrected chi connectivity index (χ0v) is 8.04. The molecule has 2 N–H and O–H groups in total. The molecular formula is C9H10BF3O2. The van der Waals surface area contributed by atoms with E-state index in [0.717, 1.165) is 12.1 Å². The highest BCUT2D eigenvalue weighted by molar-refractivity contribution is 6.59. The Morgan fingerprint density at radius 1 is 1.27 bits per heavy atom. The van der Waals surface area contributed by atoms with Crippen molar-refractivity contribution in [2.24, 2.45) is 0 Å². The van der Waals surface area contributed by atoms with Gasteiger partial charge in [0.05, 0.1) is 5.56 Å². The van der Waals surface area contributed by atoms with Crippen molar-refractivity contribution < 1.29 is 23.2 Å². The van der Waals surface area contributed by atoms with E-state index in [0.29, 0.717) is 12.0 Å². The van der Waals surface area contributed by atoms with Gasteiger partial charge in [0.1, 0.15) is 0 Å². The summed E-state index contributed by atoms with van der Waals surface area (Å²) in [5, 5.41) is 17.8. The molecule has 1 aromatic carbocycles. The van der Waals surface area contributed by atoms with Crippen molar-refractivity contribution in [2.75, 3.05) is 0 Å². The van der Waals surface area contributed by atoms with E-state index in [1.165, 1.54) is 6.07 Å². The van der Waals surface area contributed by atoms with Gasteiger partial charge >= 0.3 is 13.3 Å². The molecule has 0 saturated heterocycles. The van der Waals surface area contributed by atoms with Crippen molar-refractivity contribution in [1.82, 2.24) is 0 Å². The molecule has 0 aliphatic carbocycles. The van der Waals surface area contributed by atoms with E-state index in [-0.39, 0.29) is 5.46 Å². The van der Waals surface area contributed by atoms with Crippen LogP contribution in [-0.2, 0) is 12.6 Å². The molecular weight excluding hydrogens is 208 g/mol. The fraction of sp³-hybridized carbons (Fsp3) is 0.333. The molecule has 0 aliphatic rings. The van der Waals surface area contributed by atoms with Gasteiger partial charge < -0.3 is 10.0 Å². The van der Waals surface area contributed by atoms with Crippen LogP contribution < -0.4 is 5.46 Å². The summed E-state index contributed by atoms with van der Waals surface area (Å²) >= 11 is 0. The van der Waals surface area contributed by atoms with Crippen LogP contribution in [0, 0.1) is 0 Å². The van der Waals surface area contributed by atoms with Gasteiger partial charge in [-0.25, -0.2) is 0 Å². The molecule has 15 heavy (non-hydrogen) atoms. The second-order valence-corrected chi connectivity index (χ2v) is 3.14. The van der Waals surface area contributed by atoms with Crippen LogP contribution in [-0.4, -0.2) is 17.2 Å². The summed E-state index contributed by atoms with van der Waals surface area (Å²) < 4.78 is 36.9. The molecule has 1 rings (SSSR count). The average Bonchev–Trinajstić information content (AvgIpc) is 2.15. The van der Waals surface area contributed by atoms with Crippen molar-refractivity contribution >= 4 is 12.6 Å². The van der Waals surface area contributed by atoms with E-state index in [2.05, 4.69) is 0 Å². The van der Waals surface area contributed by atoms with E-state index < -0.39 is 18.9 Å². The molecule has 0 aromatic heterocycles. The van der Waals surface area contributed by atoms with Crippen molar-refractivity contribution in [1.29, 1.82) is 0 Å². The molecule has 82 valence electrons. The Morgan fingerprint density at radius 2 is 1.87 bits per heavy atom. The maximum atomic E-state index is 12.3. The molecule has 0 fully saturated rings. The van der Waals surface area contributed by atoms with Crippen molar-refractivity contribution in [3.8, 4) is 0 Å². The standard InChI is InChI=1S/C9H10BF3O2/c1-2-6-3-4-7(9(11,12)13)5-8(6)10(14)15/h3-5,14-15H,2H2,1H3. The largest absolute Gasteiger partial charge is 0.488 e. The molecule has 0 saturated carbocycles. The summed E-state index contributed by atoms with van der Waals surface area (Å²) in [7, 11) is -1.87. The van der Waals surface area contributed by atoms with Crippen LogP contribution in [0.3, 0.4) is 0 Å². The van der Waals surface area contributed by atoms with E-state index in [1.807, 2.05) is 0 Å². The van der Waals surface area contributed by atoms with E-state index in [4.69, 9.17) is 10.0 Å². The van der Waals surface area contributed by atoms with Gasteiger partial charge in [0.15, 0.2) is 0 Å². The van der Waals surface area contributed by atoms with Gasteiger partial charge in [0.25, 0.3) is 0 Å². The summed E-state index contributed by atoms with van der Waals surface area (Å²) in [5.74, 6) is 0. The topological polar surface area (TPSA) is 40.5 Å². The highest BCUT2D eigenvalue weighted by Crippen LogP contribution is 2.28. The Labute approximate surface area is 85.5 Å². The van der Waals surface area contributed by atoms with Crippen LogP contribution in [0.5, 0.6) is 0 Å². The summed E-state index contributed by atoms with van der Waals surface area (Å²) in [6.07, 6.45) is -4.01. The fourth-order valence-electron chi connectivity index (χ4n) is 1.33. The van der Waals surface area contributed by atoms with Gasteiger partial charge in [0, 0.05) is 0 Å². The maximum Gasteiger partial charge on any atom is 0.488 e. The second-order valence-electron chi connectivity index (χ2n) is 3.14.